The first-order valence-electron chi connectivity index (χ1n) is 4.71. The number of halogens is 2. The lowest BCUT2D eigenvalue weighted by atomic mass is 9.95. The van der Waals surface area contributed by atoms with Gasteiger partial charge in [-0.25, -0.2) is 0 Å². The molecule has 2 unspecified atom stereocenters. The molecule has 1 nitrogen and oxygen atoms in total. The van der Waals surface area contributed by atoms with Crippen molar-refractivity contribution in [1.29, 1.82) is 0 Å². The predicted molar refractivity (Wildman–Crippen MR) is 63.1 cm³/mol. The van der Waals surface area contributed by atoms with Crippen LogP contribution in [0, 0.1) is 0 Å². The molecule has 2 atom stereocenters. The van der Waals surface area contributed by atoms with Gasteiger partial charge in [0.25, 0.3) is 0 Å². The Bertz CT molecular complexity index is 310. The van der Waals surface area contributed by atoms with Crippen molar-refractivity contribution < 1.29 is 0 Å². The predicted octanol–water partition coefficient (Wildman–Crippen LogP) is 3.83. The van der Waals surface area contributed by atoms with E-state index in [1.807, 2.05) is 19.1 Å². The molecule has 78 valence electrons. The van der Waals surface area contributed by atoms with E-state index >= 15 is 0 Å². The third-order valence-corrected chi connectivity index (χ3v) is 2.78. The Kier molecular flexibility index (Phi) is 4.24. The van der Waals surface area contributed by atoms with E-state index in [0.717, 1.165) is 17.0 Å². The zero-order valence-corrected chi connectivity index (χ0v) is 9.94. The molecular formula is C11H15Cl2N. The SMILES string of the molecule is CC(N)CC(C)c1ccc(Cl)cc1Cl. The summed E-state index contributed by atoms with van der Waals surface area (Å²) in [5.41, 5.74) is 6.86. The molecule has 0 aromatic heterocycles. The third-order valence-electron chi connectivity index (χ3n) is 2.22. The molecule has 14 heavy (non-hydrogen) atoms. The van der Waals surface area contributed by atoms with Gasteiger partial charge in [0.1, 0.15) is 0 Å². The summed E-state index contributed by atoms with van der Waals surface area (Å²) in [6.07, 6.45) is 0.932. The number of benzene rings is 1. The zero-order chi connectivity index (χ0) is 10.7. The van der Waals surface area contributed by atoms with Crippen molar-refractivity contribution in [2.45, 2.75) is 32.2 Å². The largest absolute Gasteiger partial charge is 0.328 e. The monoisotopic (exact) mass is 231 g/mol. The van der Waals surface area contributed by atoms with Gasteiger partial charge in [-0.2, -0.15) is 0 Å². The van der Waals surface area contributed by atoms with E-state index in [1.165, 1.54) is 0 Å². The Morgan fingerprint density at radius 2 is 1.93 bits per heavy atom. The lowest BCUT2D eigenvalue weighted by molar-refractivity contribution is 0.586. The van der Waals surface area contributed by atoms with Gasteiger partial charge in [0, 0.05) is 16.1 Å². The molecule has 0 amide bonds. The van der Waals surface area contributed by atoms with Crippen LogP contribution in [-0.2, 0) is 0 Å². The first-order valence-corrected chi connectivity index (χ1v) is 5.47. The third kappa shape index (κ3) is 3.16. The van der Waals surface area contributed by atoms with Gasteiger partial charge in [0.2, 0.25) is 0 Å². The molecule has 1 aromatic carbocycles. The molecule has 0 aliphatic carbocycles. The Labute approximate surface area is 95.2 Å². The van der Waals surface area contributed by atoms with Crippen molar-refractivity contribution >= 4 is 23.2 Å². The number of rotatable bonds is 3. The molecule has 0 radical (unpaired) electrons. The number of nitrogens with two attached hydrogens (primary N) is 1. The first-order chi connectivity index (χ1) is 6.50. The fourth-order valence-electron chi connectivity index (χ4n) is 1.59. The van der Waals surface area contributed by atoms with E-state index in [2.05, 4.69) is 6.92 Å². The summed E-state index contributed by atoms with van der Waals surface area (Å²) in [4.78, 5) is 0. The average molecular weight is 232 g/mol. The summed E-state index contributed by atoms with van der Waals surface area (Å²) in [5, 5.41) is 1.40. The van der Waals surface area contributed by atoms with Crippen molar-refractivity contribution in [2.75, 3.05) is 0 Å². The topological polar surface area (TPSA) is 26.0 Å². The molecule has 0 aliphatic heterocycles. The van der Waals surface area contributed by atoms with Crippen LogP contribution >= 0.6 is 23.2 Å². The van der Waals surface area contributed by atoms with Crippen molar-refractivity contribution in [3.63, 3.8) is 0 Å². The molecular weight excluding hydrogens is 217 g/mol. The van der Waals surface area contributed by atoms with Crippen LogP contribution in [0.1, 0.15) is 31.7 Å². The summed E-state index contributed by atoms with van der Waals surface area (Å²) >= 11 is 11.9. The van der Waals surface area contributed by atoms with Gasteiger partial charge >= 0.3 is 0 Å². The molecule has 0 saturated heterocycles. The van der Waals surface area contributed by atoms with Crippen LogP contribution < -0.4 is 5.73 Å². The standard InChI is InChI=1S/C11H15Cl2N/c1-7(5-8(2)14)10-4-3-9(12)6-11(10)13/h3-4,6-8H,5,14H2,1-2H3. The van der Waals surface area contributed by atoms with Crippen LogP contribution in [0.15, 0.2) is 18.2 Å². The molecule has 0 fully saturated rings. The molecule has 2 N–H and O–H groups in total. The van der Waals surface area contributed by atoms with Crippen molar-refractivity contribution in [1.82, 2.24) is 0 Å². The Balaban J connectivity index is 2.84. The maximum Gasteiger partial charge on any atom is 0.0455 e. The van der Waals surface area contributed by atoms with Gasteiger partial charge < -0.3 is 5.73 Å². The molecule has 3 heteroatoms. The second kappa shape index (κ2) is 5.01. The normalized spacial score (nSPS) is 15.2. The maximum absolute atomic E-state index is 6.08. The van der Waals surface area contributed by atoms with Crippen molar-refractivity contribution in [3.05, 3.63) is 33.8 Å². The lowest BCUT2D eigenvalue weighted by Gasteiger charge is -2.15. The van der Waals surface area contributed by atoms with Crippen molar-refractivity contribution in [3.8, 4) is 0 Å². The van der Waals surface area contributed by atoms with Gasteiger partial charge in [-0.1, -0.05) is 36.2 Å². The van der Waals surface area contributed by atoms with Gasteiger partial charge in [0.15, 0.2) is 0 Å². The lowest BCUT2D eigenvalue weighted by Crippen LogP contribution is -2.17. The number of hydrogen-bond acceptors (Lipinski definition) is 1. The molecule has 0 aliphatic rings. The van der Waals surface area contributed by atoms with Crippen molar-refractivity contribution in [2.24, 2.45) is 5.73 Å². The van der Waals surface area contributed by atoms with Gasteiger partial charge in [-0.05, 0) is 37.0 Å². The molecule has 0 spiro atoms. The fourth-order valence-corrected chi connectivity index (χ4v) is 2.18. The summed E-state index contributed by atoms with van der Waals surface area (Å²) in [5.74, 6) is 0.375. The molecule has 1 rings (SSSR count). The average Bonchev–Trinajstić information content (AvgIpc) is 2.01. The second-order valence-corrected chi connectivity index (χ2v) is 4.62. The van der Waals surface area contributed by atoms with Gasteiger partial charge in [0.05, 0.1) is 0 Å². The van der Waals surface area contributed by atoms with Crippen LogP contribution in [-0.4, -0.2) is 6.04 Å². The summed E-state index contributed by atoms with van der Waals surface area (Å²) in [6.45, 7) is 4.12. The minimum Gasteiger partial charge on any atom is -0.328 e. The van der Waals surface area contributed by atoms with Crippen LogP contribution in [0.2, 0.25) is 10.0 Å². The fraction of sp³-hybridized carbons (Fsp3) is 0.455. The highest BCUT2D eigenvalue weighted by Crippen LogP contribution is 2.29. The van der Waals surface area contributed by atoms with Gasteiger partial charge in [-0.3, -0.25) is 0 Å². The van der Waals surface area contributed by atoms with Crippen LogP contribution in [0.25, 0.3) is 0 Å². The quantitative estimate of drug-likeness (QED) is 0.841. The minimum atomic E-state index is 0.191. The van der Waals surface area contributed by atoms with E-state index in [1.54, 1.807) is 6.07 Å². The number of hydrogen-bond donors (Lipinski definition) is 1. The Morgan fingerprint density at radius 1 is 1.29 bits per heavy atom. The molecule has 0 bridgehead atoms. The smallest absolute Gasteiger partial charge is 0.0455 e. The Morgan fingerprint density at radius 3 is 2.43 bits per heavy atom. The molecule has 1 aromatic rings. The summed E-state index contributed by atoms with van der Waals surface area (Å²) in [7, 11) is 0. The zero-order valence-electron chi connectivity index (χ0n) is 8.43. The first kappa shape index (κ1) is 11.8. The van der Waals surface area contributed by atoms with E-state index < -0.39 is 0 Å². The van der Waals surface area contributed by atoms with E-state index in [9.17, 15) is 0 Å². The molecule has 0 saturated carbocycles. The minimum absolute atomic E-state index is 0.191. The highest BCUT2D eigenvalue weighted by Gasteiger charge is 2.11. The summed E-state index contributed by atoms with van der Waals surface area (Å²) in [6, 6.07) is 5.80. The van der Waals surface area contributed by atoms with Gasteiger partial charge in [-0.15, -0.1) is 0 Å². The second-order valence-electron chi connectivity index (χ2n) is 3.78. The van der Waals surface area contributed by atoms with Crippen LogP contribution in [0.3, 0.4) is 0 Å². The molecule has 0 heterocycles. The maximum atomic E-state index is 6.08. The summed E-state index contributed by atoms with van der Waals surface area (Å²) < 4.78 is 0. The highest BCUT2D eigenvalue weighted by atomic mass is 35.5. The Hall–Kier alpha value is -0.240. The van der Waals surface area contributed by atoms with E-state index in [0.29, 0.717) is 10.9 Å². The van der Waals surface area contributed by atoms with Crippen LogP contribution in [0.5, 0.6) is 0 Å². The van der Waals surface area contributed by atoms with E-state index in [-0.39, 0.29) is 6.04 Å². The van der Waals surface area contributed by atoms with Crippen LogP contribution in [0.4, 0.5) is 0 Å². The highest BCUT2D eigenvalue weighted by molar-refractivity contribution is 6.35. The van der Waals surface area contributed by atoms with E-state index in [4.69, 9.17) is 28.9 Å².